The molecule has 2 saturated carbocycles. The molecule has 2 fully saturated rings. The number of halogens is 2. The van der Waals surface area contributed by atoms with Crippen LogP contribution in [0.15, 0.2) is 23.2 Å². The van der Waals surface area contributed by atoms with Crippen LogP contribution in [0.1, 0.15) is 79.9 Å². The second-order valence-corrected chi connectivity index (χ2v) is 11.1. The topological polar surface area (TPSA) is 206 Å². The molecule has 5 rings (SSSR count). The predicted molar refractivity (Wildman–Crippen MR) is 156 cm³/mol. The number of ether oxygens (including phenoxy) is 1. The van der Waals surface area contributed by atoms with Gasteiger partial charge in [0.1, 0.15) is 11.9 Å². The van der Waals surface area contributed by atoms with Crippen molar-refractivity contribution in [1.82, 2.24) is 9.97 Å². The fourth-order valence-electron chi connectivity index (χ4n) is 6.73. The third-order valence-corrected chi connectivity index (χ3v) is 8.80. The number of aromatic hydroxyl groups is 1. The van der Waals surface area contributed by atoms with E-state index in [2.05, 4.69) is 28.0 Å². The number of nitrogens with zero attached hydrogens (tertiary/aromatic N) is 3. The highest BCUT2D eigenvalue weighted by Gasteiger charge is 2.56. The van der Waals surface area contributed by atoms with Crippen molar-refractivity contribution in [2.24, 2.45) is 33.7 Å². The van der Waals surface area contributed by atoms with E-state index in [0.29, 0.717) is 29.9 Å². The van der Waals surface area contributed by atoms with Gasteiger partial charge in [-0.3, -0.25) is 9.59 Å². The smallest absolute Gasteiger partial charge is 0.305 e. The van der Waals surface area contributed by atoms with Crippen LogP contribution in [-0.2, 0) is 16.0 Å². The van der Waals surface area contributed by atoms with Crippen molar-refractivity contribution in [3.05, 3.63) is 40.2 Å². The van der Waals surface area contributed by atoms with Gasteiger partial charge in [-0.15, -0.1) is 12.4 Å². The zero-order valence-electron chi connectivity index (χ0n) is 22.6. The Morgan fingerprint density at radius 3 is 2.55 bits per heavy atom. The first kappa shape index (κ1) is 31.2. The number of aromatic nitrogens is 2. The number of guanidine groups is 1. The molecule has 5 atom stereocenters. The van der Waals surface area contributed by atoms with E-state index in [4.69, 9.17) is 39.3 Å². The zero-order valence-corrected chi connectivity index (χ0v) is 24.2. The molecule has 5 unspecified atom stereocenters. The molecule has 0 spiro atoms. The Hall–Kier alpha value is -3.31. The van der Waals surface area contributed by atoms with Crippen LogP contribution in [0.4, 0.5) is 11.6 Å². The molecule has 1 aromatic heterocycles. The molecule has 2 aromatic rings. The van der Waals surface area contributed by atoms with Gasteiger partial charge in [-0.25, -0.2) is 9.97 Å². The summed E-state index contributed by atoms with van der Waals surface area (Å²) in [6.07, 6.45) is 7.38. The van der Waals surface area contributed by atoms with Gasteiger partial charge in [0.2, 0.25) is 0 Å². The molecule has 1 heterocycles. The number of benzene rings is 1. The molecule has 3 aliphatic carbocycles. The Kier molecular flexibility index (Phi) is 9.73. The third kappa shape index (κ3) is 6.20. The highest BCUT2D eigenvalue weighted by molar-refractivity contribution is 6.31. The van der Waals surface area contributed by atoms with Gasteiger partial charge < -0.3 is 32.8 Å². The van der Waals surface area contributed by atoms with Crippen LogP contribution in [0.25, 0.3) is 0 Å². The van der Waals surface area contributed by atoms with Crippen LogP contribution < -0.4 is 22.9 Å². The van der Waals surface area contributed by atoms with Crippen LogP contribution in [0, 0.1) is 17.3 Å². The maximum absolute atomic E-state index is 11.8. The number of rotatable bonds is 3. The minimum absolute atomic E-state index is 0. The van der Waals surface area contributed by atoms with Crippen molar-refractivity contribution in [2.75, 3.05) is 11.5 Å². The summed E-state index contributed by atoms with van der Waals surface area (Å²) in [5, 5.41) is 9.63. The SMILES string of the molecule is CCC(=O)OC1CCC2C3CCc4cc(O)ccc4C3CCC12C.Cl.NC(N)=NC(=O)c1nc(Cl)c(N)nc1N. The number of aryl methyl sites for hydroxylation is 1. The molecule has 13 heteroatoms. The fraction of sp³-hybridized carbons (Fsp3) is 0.519. The Balaban J connectivity index is 0.000000240. The summed E-state index contributed by atoms with van der Waals surface area (Å²) in [6, 6.07) is 5.95. The number of fused-ring (bicyclic) bond motifs is 5. The van der Waals surface area contributed by atoms with E-state index in [-0.39, 0.29) is 52.4 Å². The minimum atomic E-state index is -0.832. The van der Waals surface area contributed by atoms with E-state index < -0.39 is 11.9 Å². The number of amides is 1. The van der Waals surface area contributed by atoms with Gasteiger partial charge in [-0.1, -0.05) is 31.5 Å². The van der Waals surface area contributed by atoms with E-state index in [0.717, 1.165) is 19.3 Å². The summed E-state index contributed by atoms with van der Waals surface area (Å²) >= 11 is 5.55. The summed E-state index contributed by atoms with van der Waals surface area (Å²) < 4.78 is 5.83. The van der Waals surface area contributed by atoms with Crippen molar-refractivity contribution in [1.29, 1.82) is 0 Å². The highest BCUT2D eigenvalue weighted by Crippen LogP contribution is 2.61. The maximum Gasteiger partial charge on any atom is 0.305 e. The van der Waals surface area contributed by atoms with Gasteiger partial charge in [0.05, 0.1) is 0 Å². The molecule has 0 bridgehead atoms. The quantitative estimate of drug-likeness (QED) is 0.198. The Labute approximate surface area is 244 Å². The second-order valence-electron chi connectivity index (χ2n) is 10.7. The van der Waals surface area contributed by atoms with Gasteiger partial charge in [-0.2, -0.15) is 4.99 Å². The average Bonchev–Trinajstić information content (AvgIpc) is 3.21. The van der Waals surface area contributed by atoms with Gasteiger partial charge in [0.15, 0.2) is 28.4 Å². The lowest BCUT2D eigenvalue weighted by Crippen LogP contribution is -2.45. The van der Waals surface area contributed by atoms with E-state index in [1.165, 1.54) is 30.4 Å². The fourth-order valence-corrected chi connectivity index (χ4v) is 6.85. The number of nitrogens with two attached hydrogens (primary N) is 4. The first-order valence-corrected chi connectivity index (χ1v) is 13.6. The number of phenolic OH excluding ortho intramolecular Hbond substituents is 1. The molecule has 0 radical (unpaired) electrons. The molecule has 218 valence electrons. The summed E-state index contributed by atoms with van der Waals surface area (Å²) in [6.45, 7) is 4.24. The monoisotopic (exact) mass is 593 g/mol. The Morgan fingerprint density at radius 2 is 1.88 bits per heavy atom. The highest BCUT2D eigenvalue weighted by atomic mass is 35.5. The molecule has 1 amide bonds. The molecular weight excluding hydrogens is 557 g/mol. The largest absolute Gasteiger partial charge is 0.508 e. The number of hydrogen-bond acceptors (Lipinski definition) is 8. The lowest BCUT2D eigenvalue weighted by Gasteiger charge is -2.50. The van der Waals surface area contributed by atoms with Crippen molar-refractivity contribution in [3.8, 4) is 5.75 Å². The number of phenols is 1. The molecule has 1 aromatic carbocycles. The van der Waals surface area contributed by atoms with Crippen LogP contribution >= 0.6 is 24.0 Å². The summed E-state index contributed by atoms with van der Waals surface area (Å²) in [5.41, 5.74) is 23.4. The second kappa shape index (κ2) is 12.5. The van der Waals surface area contributed by atoms with Crippen molar-refractivity contribution in [2.45, 2.75) is 70.8 Å². The third-order valence-electron chi connectivity index (χ3n) is 8.52. The molecular formula is C27H37Cl2N7O4. The molecule has 9 N–H and O–H groups in total. The summed E-state index contributed by atoms with van der Waals surface area (Å²) in [7, 11) is 0. The van der Waals surface area contributed by atoms with Crippen LogP contribution in [-0.4, -0.2) is 39.0 Å². The standard InChI is InChI=1S/C21H28O3.C6H8ClN7O.ClH/c1-3-20(23)24-19-9-8-18-17-6-4-13-12-14(22)5-7-15(13)16(17)10-11-21(18,19)2;7-2-4(9)13-3(8)1(12-2)5(15)14-6(10)11;/h5,7,12,16-19,22H,3-4,6,8-11H2,1-2H3;(H4,8,9,13)(H4,10,11,14,15);1H. The first-order chi connectivity index (χ1) is 18.4. The molecule has 40 heavy (non-hydrogen) atoms. The first-order valence-electron chi connectivity index (χ1n) is 13.2. The van der Waals surface area contributed by atoms with Crippen molar-refractivity contribution >= 4 is 53.5 Å². The van der Waals surface area contributed by atoms with Gasteiger partial charge in [0.25, 0.3) is 0 Å². The van der Waals surface area contributed by atoms with Crippen molar-refractivity contribution in [3.63, 3.8) is 0 Å². The number of aliphatic imine (C=N–C) groups is 1. The number of hydrogen-bond donors (Lipinski definition) is 5. The Morgan fingerprint density at radius 1 is 1.15 bits per heavy atom. The number of nitrogen functional groups attached to an aromatic ring is 2. The van der Waals surface area contributed by atoms with E-state index in [1.807, 2.05) is 19.1 Å². The lowest BCUT2D eigenvalue weighted by molar-refractivity contribution is -0.157. The maximum atomic E-state index is 11.8. The molecule has 11 nitrogen and oxygen atoms in total. The predicted octanol–water partition coefficient (Wildman–Crippen LogP) is 3.70. The van der Waals surface area contributed by atoms with E-state index >= 15 is 0 Å². The molecule has 3 aliphatic rings. The van der Waals surface area contributed by atoms with Gasteiger partial charge >= 0.3 is 11.9 Å². The van der Waals surface area contributed by atoms with E-state index in [1.54, 1.807) is 0 Å². The number of anilines is 2. The van der Waals surface area contributed by atoms with Crippen LogP contribution in [0.2, 0.25) is 5.15 Å². The number of esters is 1. The molecule has 0 saturated heterocycles. The lowest BCUT2D eigenvalue weighted by atomic mass is 9.55. The number of carbonyl (C=O) groups is 2. The van der Waals surface area contributed by atoms with Crippen molar-refractivity contribution < 1.29 is 19.4 Å². The summed E-state index contributed by atoms with van der Waals surface area (Å²) in [5.74, 6) is 0.819. The van der Waals surface area contributed by atoms with Crippen LogP contribution in [0.5, 0.6) is 5.75 Å². The normalized spacial score (nSPS) is 26.0. The van der Waals surface area contributed by atoms with E-state index in [9.17, 15) is 14.7 Å². The van der Waals surface area contributed by atoms with Crippen LogP contribution in [0.3, 0.4) is 0 Å². The zero-order chi connectivity index (χ0) is 28.5. The van der Waals surface area contributed by atoms with Gasteiger partial charge in [-0.05, 0) is 79.5 Å². The number of carbonyl (C=O) groups excluding carboxylic acids is 2. The van der Waals surface area contributed by atoms with Gasteiger partial charge in [0, 0.05) is 11.8 Å². The molecule has 0 aliphatic heterocycles. The average molecular weight is 595 g/mol. The summed E-state index contributed by atoms with van der Waals surface area (Å²) in [4.78, 5) is 33.6. The Bertz CT molecular complexity index is 1300. The minimum Gasteiger partial charge on any atom is -0.508 e.